The third-order valence-corrected chi connectivity index (χ3v) is 5.55. The Balaban J connectivity index is 1.70. The molecule has 0 bridgehead atoms. The van der Waals surface area contributed by atoms with Crippen LogP contribution in [0.15, 0.2) is 51.9 Å². The van der Waals surface area contributed by atoms with E-state index in [4.69, 9.17) is 23.4 Å². The summed E-state index contributed by atoms with van der Waals surface area (Å²) in [4.78, 5) is 13.1. The molecule has 1 aliphatic rings. The number of benzene rings is 2. The van der Waals surface area contributed by atoms with Gasteiger partial charge < -0.3 is 43.8 Å². The van der Waals surface area contributed by atoms with Gasteiger partial charge in [0.05, 0.1) is 31.8 Å². The second-order valence-electron chi connectivity index (χ2n) is 7.52. The van der Waals surface area contributed by atoms with Crippen molar-refractivity contribution in [2.75, 3.05) is 20.8 Å². The Morgan fingerprint density at radius 3 is 2.30 bits per heavy atom. The number of methoxy groups -OCH3 is 2. The van der Waals surface area contributed by atoms with Crippen molar-refractivity contribution < 1.29 is 43.8 Å². The van der Waals surface area contributed by atoms with Crippen LogP contribution in [0.4, 0.5) is 0 Å². The number of aliphatic hydroxyl groups is 4. The predicted octanol–water partition coefficient (Wildman–Crippen LogP) is 0.656. The molecule has 4 rings (SSSR count). The highest BCUT2D eigenvalue weighted by molar-refractivity contribution is 5.84. The Kier molecular flexibility index (Phi) is 6.54. The molecule has 176 valence electrons. The van der Waals surface area contributed by atoms with Crippen LogP contribution >= 0.6 is 0 Å². The molecule has 2 heterocycles. The van der Waals surface area contributed by atoms with Gasteiger partial charge in [0.25, 0.3) is 0 Å². The molecule has 0 unspecified atom stereocenters. The molecule has 0 spiro atoms. The molecular formula is C23H24O10. The van der Waals surface area contributed by atoms with Crippen molar-refractivity contribution >= 4 is 11.0 Å². The van der Waals surface area contributed by atoms with E-state index in [1.165, 1.54) is 25.5 Å². The van der Waals surface area contributed by atoms with E-state index in [0.29, 0.717) is 16.9 Å². The van der Waals surface area contributed by atoms with E-state index < -0.39 is 37.3 Å². The molecule has 1 saturated heterocycles. The van der Waals surface area contributed by atoms with Crippen LogP contribution in [0.25, 0.3) is 22.1 Å². The molecule has 5 atom stereocenters. The van der Waals surface area contributed by atoms with Gasteiger partial charge in [0.2, 0.25) is 11.7 Å². The van der Waals surface area contributed by atoms with Crippen LogP contribution in [0.1, 0.15) is 0 Å². The number of rotatable bonds is 6. The summed E-state index contributed by atoms with van der Waals surface area (Å²) >= 11 is 0. The summed E-state index contributed by atoms with van der Waals surface area (Å²) in [6.45, 7) is -0.595. The van der Waals surface area contributed by atoms with Gasteiger partial charge in [-0.3, -0.25) is 4.79 Å². The summed E-state index contributed by atoms with van der Waals surface area (Å²) in [5, 5.41) is 39.7. The predicted molar refractivity (Wildman–Crippen MR) is 115 cm³/mol. The minimum Gasteiger partial charge on any atom is -0.497 e. The van der Waals surface area contributed by atoms with E-state index in [1.807, 2.05) is 0 Å². The van der Waals surface area contributed by atoms with Crippen molar-refractivity contribution in [1.29, 1.82) is 0 Å². The smallest absolute Gasteiger partial charge is 0.229 e. The van der Waals surface area contributed by atoms with E-state index in [9.17, 15) is 25.2 Å². The standard InChI is InChI=1S/C23H24O10/c1-29-12-5-3-11(4-6-12)14-10-31-15-8-17(16(30-2)7-13(15)19(14)25)32-23-22(28)21(27)20(26)18(9-24)33-23/h3-8,10,18,20-24,26-28H,9H2,1-2H3/t18-,20-,21+,22+,23-/m1/s1. The second-order valence-corrected chi connectivity index (χ2v) is 7.52. The first-order valence-corrected chi connectivity index (χ1v) is 10.1. The average molecular weight is 460 g/mol. The zero-order valence-corrected chi connectivity index (χ0v) is 17.9. The summed E-state index contributed by atoms with van der Waals surface area (Å²) in [7, 11) is 2.92. The summed E-state index contributed by atoms with van der Waals surface area (Å²) in [6, 6.07) is 9.78. The first-order chi connectivity index (χ1) is 15.9. The molecule has 33 heavy (non-hydrogen) atoms. The fourth-order valence-corrected chi connectivity index (χ4v) is 3.65. The fourth-order valence-electron chi connectivity index (χ4n) is 3.65. The minimum absolute atomic E-state index is 0.0645. The third-order valence-electron chi connectivity index (χ3n) is 5.55. The summed E-state index contributed by atoms with van der Waals surface area (Å²) in [5.41, 5.74) is 0.888. The van der Waals surface area contributed by atoms with Crippen LogP contribution in [-0.2, 0) is 4.74 Å². The maximum absolute atomic E-state index is 13.1. The van der Waals surface area contributed by atoms with Crippen LogP contribution in [0.2, 0.25) is 0 Å². The van der Waals surface area contributed by atoms with Gasteiger partial charge >= 0.3 is 0 Å². The Morgan fingerprint density at radius 1 is 0.939 bits per heavy atom. The highest BCUT2D eigenvalue weighted by atomic mass is 16.7. The van der Waals surface area contributed by atoms with Gasteiger partial charge in [-0.15, -0.1) is 0 Å². The number of hydrogen-bond acceptors (Lipinski definition) is 10. The zero-order chi connectivity index (χ0) is 23.7. The lowest BCUT2D eigenvalue weighted by Gasteiger charge is -2.39. The van der Waals surface area contributed by atoms with E-state index >= 15 is 0 Å². The van der Waals surface area contributed by atoms with Crippen LogP contribution in [-0.4, -0.2) is 72.0 Å². The number of aliphatic hydroxyl groups excluding tert-OH is 4. The summed E-state index contributed by atoms with van der Waals surface area (Å²) < 4.78 is 27.2. The van der Waals surface area contributed by atoms with Gasteiger partial charge in [0.1, 0.15) is 42.0 Å². The maximum atomic E-state index is 13.1. The highest BCUT2D eigenvalue weighted by Crippen LogP contribution is 2.35. The van der Waals surface area contributed by atoms with E-state index in [2.05, 4.69) is 0 Å². The zero-order valence-electron chi connectivity index (χ0n) is 17.9. The molecule has 0 amide bonds. The topological polar surface area (TPSA) is 148 Å². The lowest BCUT2D eigenvalue weighted by molar-refractivity contribution is -0.277. The lowest BCUT2D eigenvalue weighted by Crippen LogP contribution is -2.60. The Labute approximate surface area is 188 Å². The van der Waals surface area contributed by atoms with Gasteiger partial charge in [-0.1, -0.05) is 12.1 Å². The average Bonchev–Trinajstić information content (AvgIpc) is 2.84. The first-order valence-electron chi connectivity index (χ1n) is 10.1. The van der Waals surface area contributed by atoms with Gasteiger partial charge in [-0.05, 0) is 23.8 Å². The molecule has 3 aromatic rings. The van der Waals surface area contributed by atoms with Crippen molar-refractivity contribution in [3.05, 3.63) is 52.9 Å². The number of hydrogen-bond donors (Lipinski definition) is 4. The minimum atomic E-state index is -1.60. The normalized spacial score (nSPS) is 25.1. The fraction of sp³-hybridized carbons (Fsp3) is 0.348. The SMILES string of the molecule is COc1ccc(-c2coc3cc(O[C@@H]4O[C@H](CO)[C@@H](O)[C@H](O)[C@@H]4O)c(OC)cc3c2=O)cc1. The molecule has 0 saturated carbocycles. The highest BCUT2D eigenvalue weighted by Gasteiger charge is 2.45. The largest absolute Gasteiger partial charge is 0.497 e. The van der Waals surface area contributed by atoms with Crippen molar-refractivity contribution in [2.24, 2.45) is 0 Å². The Hall–Kier alpha value is -3.15. The molecule has 2 aromatic carbocycles. The molecule has 0 aliphatic carbocycles. The van der Waals surface area contributed by atoms with Crippen molar-refractivity contribution in [1.82, 2.24) is 0 Å². The third kappa shape index (κ3) is 4.26. The van der Waals surface area contributed by atoms with E-state index in [0.717, 1.165) is 0 Å². The molecule has 1 fully saturated rings. The van der Waals surface area contributed by atoms with Gasteiger partial charge in [-0.2, -0.15) is 0 Å². The molecule has 0 radical (unpaired) electrons. The molecule has 1 aromatic heterocycles. The number of fused-ring (bicyclic) bond motifs is 1. The quantitative estimate of drug-likeness (QED) is 0.413. The number of ether oxygens (including phenoxy) is 4. The summed E-state index contributed by atoms with van der Waals surface area (Å²) in [6.07, 6.45) is -5.94. The van der Waals surface area contributed by atoms with Crippen LogP contribution in [0.3, 0.4) is 0 Å². The van der Waals surface area contributed by atoms with Crippen LogP contribution in [0.5, 0.6) is 17.2 Å². The Morgan fingerprint density at radius 2 is 1.67 bits per heavy atom. The molecule has 10 heteroatoms. The molecule has 4 N–H and O–H groups in total. The van der Waals surface area contributed by atoms with Crippen LogP contribution in [0, 0.1) is 0 Å². The van der Waals surface area contributed by atoms with E-state index in [-0.39, 0.29) is 27.9 Å². The maximum Gasteiger partial charge on any atom is 0.229 e. The lowest BCUT2D eigenvalue weighted by atomic mass is 9.99. The molecular weight excluding hydrogens is 436 g/mol. The molecule has 1 aliphatic heterocycles. The van der Waals surface area contributed by atoms with Gasteiger partial charge in [0.15, 0.2) is 11.5 Å². The second kappa shape index (κ2) is 9.38. The summed E-state index contributed by atoms with van der Waals surface area (Å²) in [5.74, 6) is 0.869. The van der Waals surface area contributed by atoms with Crippen LogP contribution < -0.4 is 19.6 Å². The Bertz CT molecular complexity index is 1170. The van der Waals surface area contributed by atoms with Gasteiger partial charge in [-0.25, -0.2) is 0 Å². The first kappa shape index (κ1) is 23.0. The molecule has 10 nitrogen and oxygen atoms in total. The van der Waals surface area contributed by atoms with E-state index in [1.54, 1.807) is 31.4 Å². The van der Waals surface area contributed by atoms with Crippen molar-refractivity contribution in [2.45, 2.75) is 30.7 Å². The van der Waals surface area contributed by atoms with Gasteiger partial charge in [0, 0.05) is 6.07 Å². The van der Waals surface area contributed by atoms with Crippen molar-refractivity contribution in [3.63, 3.8) is 0 Å². The van der Waals surface area contributed by atoms with Crippen molar-refractivity contribution in [3.8, 4) is 28.4 Å². The monoisotopic (exact) mass is 460 g/mol.